The van der Waals surface area contributed by atoms with Crippen LogP contribution in [0.2, 0.25) is 0 Å². The lowest BCUT2D eigenvalue weighted by atomic mass is 9.99. The van der Waals surface area contributed by atoms with Gasteiger partial charge in [0.1, 0.15) is 17.3 Å². The van der Waals surface area contributed by atoms with E-state index < -0.39 is 5.60 Å². The molecule has 1 aliphatic rings. The van der Waals surface area contributed by atoms with Crippen molar-refractivity contribution in [1.82, 2.24) is 19.8 Å². The summed E-state index contributed by atoms with van der Waals surface area (Å²) in [6.07, 6.45) is 3.08. The first kappa shape index (κ1) is 25.6. The van der Waals surface area contributed by atoms with Crippen LogP contribution in [-0.2, 0) is 6.54 Å². The summed E-state index contributed by atoms with van der Waals surface area (Å²) in [7, 11) is 2.01. The monoisotopic (exact) mass is 466 g/mol. The summed E-state index contributed by atoms with van der Waals surface area (Å²) in [5, 5.41) is 19.7. The maximum atomic E-state index is 13.4. The number of carbonyl (C=O) groups is 1. The van der Waals surface area contributed by atoms with Gasteiger partial charge < -0.3 is 19.8 Å². The Bertz CT molecular complexity index is 1040. The zero-order valence-corrected chi connectivity index (χ0v) is 20.5. The Hall–Kier alpha value is -2.99. The molecule has 0 radical (unpaired) electrons. The van der Waals surface area contributed by atoms with Crippen LogP contribution < -0.4 is 4.74 Å². The van der Waals surface area contributed by atoms with Gasteiger partial charge in [0.15, 0.2) is 0 Å². The van der Waals surface area contributed by atoms with E-state index in [1.54, 1.807) is 37.2 Å². The van der Waals surface area contributed by atoms with Crippen LogP contribution in [-0.4, -0.2) is 80.4 Å². The average Bonchev–Trinajstić information content (AvgIpc) is 2.79. The lowest BCUT2D eigenvalue weighted by molar-refractivity contribution is 0.0324. The molecule has 0 saturated heterocycles. The molecule has 8 nitrogen and oxygen atoms in total. The van der Waals surface area contributed by atoms with Gasteiger partial charge in [-0.25, -0.2) is 4.98 Å². The molecule has 0 bridgehead atoms. The lowest BCUT2D eigenvalue weighted by Crippen LogP contribution is -2.49. The van der Waals surface area contributed by atoms with Crippen molar-refractivity contribution < 1.29 is 19.7 Å². The Labute approximate surface area is 201 Å². The predicted octanol–water partition coefficient (Wildman–Crippen LogP) is 1.95. The SMILES string of the molecule is C[C@@H]1CN([C@@H](C)CO)C(=O)c2cc(C#CC(C)(C)O)cnc2O[C@@H]1CN(C)Cc1ccccn1. The van der Waals surface area contributed by atoms with E-state index in [-0.39, 0.29) is 36.5 Å². The standard InChI is InChI=1S/C26H34N4O4/c1-18-14-30(19(2)17-31)25(32)22-12-20(9-10-26(3,4)33)13-28-24(22)34-23(18)16-29(5)15-21-8-6-7-11-27-21/h6-8,11-13,18-19,23,31,33H,14-17H2,1-5H3/t18-,19+,23-/m1/s1. The molecule has 2 aromatic rings. The van der Waals surface area contributed by atoms with E-state index in [0.717, 1.165) is 5.69 Å². The summed E-state index contributed by atoms with van der Waals surface area (Å²) in [6.45, 7) is 8.59. The zero-order valence-electron chi connectivity index (χ0n) is 20.5. The Balaban J connectivity index is 1.92. The second-order valence-corrected chi connectivity index (χ2v) is 9.53. The number of amides is 1. The van der Waals surface area contributed by atoms with Gasteiger partial charge in [0.05, 0.1) is 18.3 Å². The number of hydrogen-bond acceptors (Lipinski definition) is 7. The third-order valence-corrected chi connectivity index (χ3v) is 5.68. The largest absolute Gasteiger partial charge is 0.472 e. The summed E-state index contributed by atoms with van der Waals surface area (Å²) < 4.78 is 6.31. The molecule has 0 saturated carbocycles. The molecular formula is C26H34N4O4. The third-order valence-electron chi connectivity index (χ3n) is 5.68. The first-order chi connectivity index (χ1) is 16.1. The molecule has 1 aliphatic heterocycles. The number of pyridine rings is 2. The van der Waals surface area contributed by atoms with Crippen LogP contribution in [0.15, 0.2) is 36.7 Å². The fourth-order valence-electron chi connectivity index (χ4n) is 3.75. The Morgan fingerprint density at radius 3 is 2.76 bits per heavy atom. The van der Waals surface area contributed by atoms with Crippen molar-refractivity contribution in [2.75, 3.05) is 26.7 Å². The molecule has 0 fully saturated rings. The number of nitrogens with zero attached hydrogens (tertiary/aromatic N) is 4. The summed E-state index contributed by atoms with van der Waals surface area (Å²) >= 11 is 0. The van der Waals surface area contributed by atoms with Crippen LogP contribution in [0.5, 0.6) is 5.88 Å². The molecule has 8 heteroatoms. The first-order valence-corrected chi connectivity index (χ1v) is 11.5. The Morgan fingerprint density at radius 1 is 1.35 bits per heavy atom. The minimum atomic E-state index is -1.17. The molecule has 2 N–H and O–H groups in total. The van der Waals surface area contributed by atoms with E-state index in [2.05, 4.69) is 26.7 Å². The van der Waals surface area contributed by atoms with Crippen LogP contribution in [0.4, 0.5) is 0 Å². The minimum Gasteiger partial charge on any atom is -0.472 e. The molecule has 0 aliphatic carbocycles. The van der Waals surface area contributed by atoms with E-state index in [1.807, 2.05) is 39.1 Å². The van der Waals surface area contributed by atoms with Gasteiger partial charge in [-0.2, -0.15) is 0 Å². The molecule has 1 amide bonds. The van der Waals surface area contributed by atoms with Gasteiger partial charge in [-0.15, -0.1) is 0 Å². The number of hydrogen-bond donors (Lipinski definition) is 2. The fourth-order valence-corrected chi connectivity index (χ4v) is 3.75. The van der Waals surface area contributed by atoms with E-state index in [9.17, 15) is 15.0 Å². The molecule has 34 heavy (non-hydrogen) atoms. The quantitative estimate of drug-likeness (QED) is 0.628. The summed E-state index contributed by atoms with van der Waals surface area (Å²) in [5.41, 5.74) is 0.600. The van der Waals surface area contributed by atoms with Crippen molar-refractivity contribution >= 4 is 5.91 Å². The van der Waals surface area contributed by atoms with Crippen molar-refractivity contribution in [3.63, 3.8) is 0 Å². The smallest absolute Gasteiger partial charge is 0.259 e. The summed E-state index contributed by atoms with van der Waals surface area (Å²) in [4.78, 5) is 26.1. The maximum Gasteiger partial charge on any atom is 0.259 e. The molecule has 0 unspecified atom stereocenters. The number of aromatic nitrogens is 2. The van der Waals surface area contributed by atoms with E-state index in [0.29, 0.717) is 30.8 Å². The fraction of sp³-hybridized carbons (Fsp3) is 0.500. The Kier molecular flexibility index (Phi) is 8.26. The van der Waals surface area contributed by atoms with Gasteiger partial charge in [0.25, 0.3) is 5.91 Å². The average molecular weight is 467 g/mol. The molecule has 2 aromatic heterocycles. The van der Waals surface area contributed by atoms with Crippen LogP contribution in [0.1, 0.15) is 49.3 Å². The van der Waals surface area contributed by atoms with Crippen molar-refractivity contribution in [2.45, 2.75) is 52.0 Å². The highest BCUT2D eigenvalue weighted by Gasteiger charge is 2.34. The van der Waals surface area contributed by atoms with E-state index in [1.165, 1.54) is 0 Å². The summed E-state index contributed by atoms with van der Waals surface area (Å²) in [6, 6.07) is 7.11. The molecule has 0 spiro atoms. The number of rotatable bonds is 6. The molecule has 0 aromatic carbocycles. The first-order valence-electron chi connectivity index (χ1n) is 11.5. The zero-order chi connectivity index (χ0) is 24.9. The molecular weight excluding hydrogens is 432 g/mol. The number of fused-ring (bicyclic) bond motifs is 1. The van der Waals surface area contributed by atoms with Crippen LogP contribution in [0.25, 0.3) is 0 Å². The number of aliphatic hydroxyl groups excluding tert-OH is 1. The summed E-state index contributed by atoms with van der Waals surface area (Å²) in [5.74, 6) is 5.60. The molecule has 182 valence electrons. The van der Waals surface area contributed by atoms with Crippen LogP contribution in [0.3, 0.4) is 0 Å². The minimum absolute atomic E-state index is 0.00580. The topological polar surface area (TPSA) is 99.0 Å². The third kappa shape index (κ3) is 6.76. The number of carbonyl (C=O) groups excluding carboxylic acids is 1. The van der Waals surface area contributed by atoms with Crippen molar-refractivity contribution in [2.24, 2.45) is 5.92 Å². The van der Waals surface area contributed by atoms with Gasteiger partial charge in [0, 0.05) is 43.5 Å². The molecule has 3 heterocycles. The van der Waals surface area contributed by atoms with Gasteiger partial charge in [-0.3, -0.25) is 14.7 Å². The number of ether oxygens (including phenoxy) is 1. The van der Waals surface area contributed by atoms with Gasteiger partial charge in [-0.1, -0.05) is 24.8 Å². The molecule has 3 rings (SSSR count). The highest BCUT2D eigenvalue weighted by atomic mass is 16.5. The predicted molar refractivity (Wildman–Crippen MR) is 129 cm³/mol. The maximum absolute atomic E-state index is 13.4. The van der Waals surface area contributed by atoms with Crippen molar-refractivity contribution in [1.29, 1.82) is 0 Å². The van der Waals surface area contributed by atoms with Crippen LogP contribution >= 0.6 is 0 Å². The van der Waals surface area contributed by atoms with Gasteiger partial charge in [-0.05, 0) is 46.0 Å². The van der Waals surface area contributed by atoms with E-state index in [4.69, 9.17) is 4.74 Å². The van der Waals surface area contributed by atoms with Crippen molar-refractivity contribution in [3.8, 4) is 17.7 Å². The molecule has 3 atom stereocenters. The second kappa shape index (κ2) is 11.0. The number of likely N-dealkylation sites (N-methyl/N-ethyl adjacent to an activating group) is 1. The van der Waals surface area contributed by atoms with E-state index >= 15 is 0 Å². The number of aliphatic hydroxyl groups is 2. The van der Waals surface area contributed by atoms with Crippen molar-refractivity contribution in [3.05, 3.63) is 53.5 Å². The normalized spacial score (nSPS) is 19.4. The second-order valence-electron chi connectivity index (χ2n) is 9.53. The highest BCUT2D eigenvalue weighted by Crippen LogP contribution is 2.27. The highest BCUT2D eigenvalue weighted by molar-refractivity contribution is 5.97. The lowest BCUT2D eigenvalue weighted by Gasteiger charge is -2.37. The van der Waals surface area contributed by atoms with Gasteiger partial charge in [0.2, 0.25) is 5.88 Å². The Morgan fingerprint density at radius 2 is 2.12 bits per heavy atom. The van der Waals surface area contributed by atoms with Crippen LogP contribution in [0, 0.1) is 17.8 Å². The van der Waals surface area contributed by atoms with Gasteiger partial charge >= 0.3 is 0 Å².